The highest BCUT2D eigenvalue weighted by Crippen LogP contribution is 2.33. The van der Waals surface area contributed by atoms with Gasteiger partial charge in [-0.05, 0) is 68.4 Å². The van der Waals surface area contributed by atoms with E-state index in [1.54, 1.807) is 26.4 Å². The average Bonchev–Trinajstić information content (AvgIpc) is 2.95. The lowest BCUT2D eigenvalue weighted by molar-refractivity contribution is -0.128. The molecule has 0 saturated carbocycles. The van der Waals surface area contributed by atoms with Crippen molar-refractivity contribution in [3.63, 3.8) is 0 Å². The molecule has 1 atom stereocenters. The molecule has 1 aromatic heterocycles. The first kappa shape index (κ1) is 35.7. The number of aryl methyl sites for hydroxylation is 1. The van der Waals surface area contributed by atoms with E-state index in [1.165, 1.54) is 31.4 Å². The quantitative estimate of drug-likeness (QED) is 0.304. The maximum atomic E-state index is 13.6. The van der Waals surface area contributed by atoms with Crippen LogP contribution in [0.3, 0.4) is 0 Å². The van der Waals surface area contributed by atoms with Crippen LogP contribution in [0.1, 0.15) is 88.7 Å². The fourth-order valence-electron chi connectivity index (χ4n) is 3.90. The molecular formula is C32H49FN4O4. The number of aliphatic hydroxyl groups is 1. The van der Waals surface area contributed by atoms with Crippen LogP contribution in [-0.4, -0.2) is 54.1 Å². The molecule has 5 N–H and O–H groups in total. The van der Waals surface area contributed by atoms with E-state index in [2.05, 4.69) is 15.3 Å². The summed E-state index contributed by atoms with van der Waals surface area (Å²) in [6.07, 6.45) is 9.16. The number of carbonyl (C=O) groups excluding carboxylic acids is 1. The first-order chi connectivity index (χ1) is 19.4. The minimum atomic E-state index is -1.11. The number of aromatic hydroxyl groups is 1. The van der Waals surface area contributed by atoms with Crippen molar-refractivity contribution in [2.75, 3.05) is 32.5 Å². The topological polar surface area (TPSA) is 130 Å². The summed E-state index contributed by atoms with van der Waals surface area (Å²) in [7, 11) is 1.67. The summed E-state index contributed by atoms with van der Waals surface area (Å²) in [6.45, 7) is 14.2. The summed E-state index contributed by atoms with van der Waals surface area (Å²) in [6, 6.07) is 4.50. The number of rotatable bonds is 7. The average molecular weight is 573 g/mol. The minimum absolute atomic E-state index is 0.102. The van der Waals surface area contributed by atoms with Gasteiger partial charge in [-0.25, -0.2) is 9.37 Å². The van der Waals surface area contributed by atoms with Gasteiger partial charge < -0.3 is 26.0 Å². The Hall–Kier alpha value is -3.30. The molecule has 1 fully saturated rings. The normalized spacial score (nSPS) is 14.4. The van der Waals surface area contributed by atoms with E-state index >= 15 is 0 Å². The second-order valence-electron chi connectivity index (χ2n) is 10.9. The second-order valence-corrected chi connectivity index (χ2v) is 10.9. The van der Waals surface area contributed by atoms with E-state index in [-0.39, 0.29) is 29.1 Å². The van der Waals surface area contributed by atoms with E-state index in [4.69, 9.17) is 10.5 Å². The van der Waals surface area contributed by atoms with Gasteiger partial charge in [0.2, 0.25) is 5.91 Å². The number of benzene rings is 1. The molecule has 2 heterocycles. The molecule has 1 amide bonds. The van der Waals surface area contributed by atoms with Crippen molar-refractivity contribution >= 4 is 23.5 Å². The van der Waals surface area contributed by atoms with Gasteiger partial charge in [0.05, 0.1) is 6.10 Å². The molecule has 41 heavy (non-hydrogen) atoms. The number of aromatic nitrogens is 1. The Bertz CT molecular complexity index is 1140. The predicted octanol–water partition coefficient (Wildman–Crippen LogP) is 5.94. The molecule has 0 bridgehead atoms. The van der Waals surface area contributed by atoms with Crippen LogP contribution >= 0.6 is 0 Å². The number of halogens is 1. The molecule has 0 spiro atoms. The van der Waals surface area contributed by atoms with Crippen LogP contribution in [0.15, 0.2) is 35.5 Å². The molecule has 1 aliphatic heterocycles. The van der Waals surface area contributed by atoms with Crippen molar-refractivity contribution in [2.45, 2.75) is 79.8 Å². The van der Waals surface area contributed by atoms with E-state index in [0.29, 0.717) is 11.1 Å². The van der Waals surface area contributed by atoms with Crippen LogP contribution in [0.5, 0.6) is 5.75 Å². The molecule has 1 aromatic carbocycles. The van der Waals surface area contributed by atoms with E-state index in [0.717, 1.165) is 37.3 Å². The number of ether oxygens (including phenoxy) is 1. The first-order valence-electron chi connectivity index (χ1n) is 14.2. The molecule has 0 radical (unpaired) electrons. The number of allylic oxidation sites excluding steroid dienone is 2. The molecule has 8 nitrogen and oxygen atoms in total. The van der Waals surface area contributed by atoms with Crippen molar-refractivity contribution in [1.29, 1.82) is 0 Å². The van der Waals surface area contributed by atoms with Crippen molar-refractivity contribution < 1.29 is 24.1 Å². The fourth-order valence-corrected chi connectivity index (χ4v) is 3.90. The number of phenols is 1. The number of aliphatic imine (C=N–C) groups is 1. The number of hydrogen-bond acceptors (Lipinski definition) is 7. The number of pyridine rings is 1. The zero-order valence-corrected chi connectivity index (χ0v) is 25.8. The van der Waals surface area contributed by atoms with Gasteiger partial charge in [0.1, 0.15) is 5.82 Å². The molecule has 2 aromatic rings. The third-order valence-electron chi connectivity index (χ3n) is 6.34. The summed E-state index contributed by atoms with van der Waals surface area (Å²) < 4.78 is 18.7. The van der Waals surface area contributed by atoms with Gasteiger partial charge in [0.15, 0.2) is 11.6 Å². The van der Waals surface area contributed by atoms with Gasteiger partial charge in [-0.3, -0.25) is 9.79 Å². The van der Waals surface area contributed by atoms with E-state index < -0.39 is 17.7 Å². The number of nitrogen functional groups attached to an aromatic ring is 1. The zero-order chi connectivity index (χ0) is 31.0. The number of nitrogens with two attached hydrogens (primary N) is 1. The van der Waals surface area contributed by atoms with Crippen LogP contribution in [0, 0.1) is 18.2 Å². The molecule has 1 unspecified atom stereocenters. The van der Waals surface area contributed by atoms with Crippen LogP contribution in [0.2, 0.25) is 0 Å². The summed E-state index contributed by atoms with van der Waals surface area (Å²) in [5.41, 5.74) is 8.73. The maximum Gasteiger partial charge on any atom is 0.225 e. The number of carbonyl (C=O) groups is 1. The number of nitrogens with zero attached hydrogens (tertiary/aromatic N) is 2. The van der Waals surface area contributed by atoms with Crippen molar-refractivity contribution in [3.8, 4) is 5.75 Å². The lowest BCUT2D eigenvalue weighted by atomic mass is 9.95. The van der Waals surface area contributed by atoms with Gasteiger partial charge in [0.25, 0.3) is 0 Å². The third-order valence-corrected chi connectivity index (χ3v) is 6.34. The van der Waals surface area contributed by atoms with Crippen LogP contribution in [0.25, 0.3) is 5.57 Å². The summed E-state index contributed by atoms with van der Waals surface area (Å²) in [4.78, 5) is 19.3. The molecule has 1 saturated heterocycles. The molecular weight excluding hydrogens is 523 g/mol. The highest BCUT2D eigenvalue weighted by atomic mass is 19.1. The minimum Gasteiger partial charge on any atom is -0.505 e. The zero-order valence-electron chi connectivity index (χ0n) is 25.8. The van der Waals surface area contributed by atoms with Crippen LogP contribution in [0.4, 0.5) is 10.2 Å². The van der Waals surface area contributed by atoms with E-state index in [9.17, 15) is 19.4 Å². The van der Waals surface area contributed by atoms with Gasteiger partial charge >= 0.3 is 0 Å². The standard InChI is InChI=1S/C19H22FN3O2.C8H17NO.C5H10O/c1-4-12(9-22-3)14-7-13(19(21)23-10-14)8-16(24)17-11(2)5-6-15(20)18(17)25;1-5-6-9-7(10)8(2,3)4;1-2-4-6-5-3-1/h4-7,9-10,16,24-25H,8H2,1-3H3,(H2,21,23);5-6H2,1-4H3,(H,9,10);1-5H2/b12-4+,22-9?;;. The highest BCUT2D eigenvalue weighted by Gasteiger charge is 2.21. The van der Waals surface area contributed by atoms with Gasteiger partial charge in [-0.2, -0.15) is 0 Å². The van der Waals surface area contributed by atoms with Crippen LogP contribution in [-0.2, 0) is 16.0 Å². The van der Waals surface area contributed by atoms with Gasteiger partial charge in [-0.1, -0.05) is 39.8 Å². The highest BCUT2D eigenvalue weighted by molar-refractivity contribution is 6.09. The third kappa shape index (κ3) is 12.4. The van der Waals surface area contributed by atoms with Crippen molar-refractivity contribution in [3.05, 3.63) is 58.5 Å². The van der Waals surface area contributed by atoms with Crippen molar-refractivity contribution in [1.82, 2.24) is 10.3 Å². The lowest BCUT2D eigenvalue weighted by Gasteiger charge is -2.17. The Labute approximate surface area is 245 Å². The van der Waals surface area contributed by atoms with Gasteiger partial charge in [-0.15, -0.1) is 0 Å². The number of anilines is 1. The Balaban J connectivity index is 0.000000428. The van der Waals surface area contributed by atoms with Gasteiger partial charge in [0, 0.05) is 62.2 Å². The SMILES string of the molecule is C/C=C(\C=NC)c1cnc(N)c(CC(O)c2c(C)ccc(F)c2O)c1.C1CCOCC1.CCCNC(=O)C(C)(C)C. The Morgan fingerprint density at radius 2 is 1.93 bits per heavy atom. The largest absolute Gasteiger partial charge is 0.505 e. The number of amides is 1. The molecule has 3 rings (SSSR count). The second kappa shape index (κ2) is 18.2. The van der Waals surface area contributed by atoms with Crippen LogP contribution < -0.4 is 11.1 Å². The molecule has 228 valence electrons. The summed E-state index contributed by atoms with van der Waals surface area (Å²) in [5, 5.41) is 23.3. The Morgan fingerprint density at radius 1 is 1.27 bits per heavy atom. The number of nitrogens with one attached hydrogen (secondary N) is 1. The maximum absolute atomic E-state index is 13.6. The summed E-state index contributed by atoms with van der Waals surface area (Å²) >= 11 is 0. The lowest BCUT2D eigenvalue weighted by Crippen LogP contribution is -2.35. The Morgan fingerprint density at radius 3 is 2.41 bits per heavy atom. The van der Waals surface area contributed by atoms with Crippen molar-refractivity contribution in [2.24, 2.45) is 10.4 Å². The number of hydrogen-bond donors (Lipinski definition) is 4. The number of aliphatic hydroxyl groups excluding tert-OH is 1. The smallest absolute Gasteiger partial charge is 0.225 e. The molecule has 9 heteroatoms. The van der Waals surface area contributed by atoms with E-state index in [1.807, 2.05) is 46.8 Å². The Kier molecular flexibility index (Phi) is 15.9. The predicted molar refractivity (Wildman–Crippen MR) is 166 cm³/mol. The number of phenolic OH excluding ortho intramolecular Hbond substituents is 1. The first-order valence-corrected chi connectivity index (χ1v) is 14.2. The molecule has 1 aliphatic rings. The molecule has 0 aliphatic carbocycles. The summed E-state index contributed by atoms with van der Waals surface area (Å²) in [5.74, 6) is -0.896. The monoisotopic (exact) mass is 572 g/mol. The fraction of sp³-hybridized carbons (Fsp3) is 0.531.